The van der Waals surface area contributed by atoms with E-state index in [2.05, 4.69) is 15.2 Å². The van der Waals surface area contributed by atoms with Gasteiger partial charge in [0.15, 0.2) is 5.78 Å². The molecule has 0 saturated carbocycles. The fourth-order valence-corrected chi connectivity index (χ4v) is 6.55. The molecule has 9 nitrogen and oxygen atoms in total. The van der Waals surface area contributed by atoms with Gasteiger partial charge in [0.05, 0.1) is 18.0 Å². The van der Waals surface area contributed by atoms with E-state index in [0.717, 1.165) is 24.0 Å². The van der Waals surface area contributed by atoms with E-state index in [1.165, 1.54) is 18.3 Å². The molecule has 1 aromatic heterocycles. The van der Waals surface area contributed by atoms with Crippen LogP contribution in [0.2, 0.25) is 0 Å². The summed E-state index contributed by atoms with van der Waals surface area (Å²) in [5.74, 6) is -0.909. The summed E-state index contributed by atoms with van der Waals surface area (Å²) in [5, 5.41) is 14.3. The summed E-state index contributed by atoms with van der Waals surface area (Å²) in [4.78, 5) is 45.5. The minimum absolute atomic E-state index is 0.0152. The number of aromatic nitrogens is 1. The monoisotopic (exact) mass is 484 g/mol. The smallest absolute Gasteiger partial charge is 0.269 e. The van der Waals surface area contributed by atoms with E-state index < -0.39 is 16.4 Å². The number of carbonyl (C=O) groups is 2. The van der Waals surface area contributed by atoms with E-state index in [9.17, 15) is 19.7 Å². The zero-order chi connectivity index (χ0) is 25.0. The summed E-state index contributed by atoms with van der Waals surface area (Å²) >= 11 is 0. The van der Waals surface area contributed by atoms with Crippen molar-refractivity contribution < 1.29 is 19.2 Å². The van der Waals surface area contributed by atoms with E-state index >= 15 is 0 Å². The van der Waals surface area contributed by atoms with Crippen molar-refractivity contribution in [3.8, 4) is 5.75 Å². The highest BCUT2D eigenvalue weighted by atomic mass is 16.6. The minimum Gasteiger partial charge on any atom is -0.497 e. The summed E-state index contributed by atoms with van der Waals surface area (Å²) in [5.41, 5.74) is 1.38. The Morgan fingerprint density at radius 2 is 2.03 bits per heavy atom. The number of pyridine rings is 1. The third-order valence-electron chi connectivity index (χ3n) is 7.93. The van der Waals surface area contributed by atoms with Gasteiger partial charge >= 0.3 is 0 Å². The number of Topliss-reactive ketones (excluding diaryl/α,β-unsaturated/α-hetero) is 1. The summed E-state index contributed by atoms with van der Waals surface area (Å²) in [7, 11) is 1.57. The number of ketones is 1. The van der Waals surface area contributed by atoms with Crippen LogP contribution < -0.4 is 10.1 Å². The zero-order valence-corrected chi connectivity index (χ0v) is 19.6. The maximum atomic E-state index is 14.3. The highest BCUT2D eigenvalue weighted by Crippen LogP contribution is 2.61. The SMILES string of the molecule is COc1ccc2c(c1)[C@]1(C(=O)N2)[C@@H](C(=O)c2cccnc2)[C@@H](c2ccc([N+](=O)[O-])cc2)[C@@H]2CCCN21. The number of benzene rings is 2. The fraction of sp³-hybridized carbons (Fsp3) is 0.296. The Morgan fingerprint density at radius 3 is 2.72 bits per heavy atom. The molecule has 36 heavy (non-hydrogen) atoms. The Hall–Kier alpha value is -4.11. The molecule has 3 aromatic rings. The van der Waals surface area contributed by atoms with Crippen molar-refractivity contribution >= 4 is 23.1 Å². The van der Waals surface area contributed by atoms with Gasteiger partial charge in [-0.15, -0.1) is 0 Å². The van der Waals surface area contributed by atoms with Crippen molar-refractivity contribution in [2.75, 3.05) is 19.0 Å². The number of nitro benzene ring substituents is 1. The number of hydrogen-bond donors (Lipinski definition) is 1. The Morgan fingerprint density at radius 1 is 1.22 bits per heavy atom. The summed E-state index contributed by atoms with van der Waals surface area (Å²) in [6.07, 6.45) is 4.84. The van der Waals surface area contributed by atoms with Crippen molar-refractivity contribution in [1.29, 1.82) is 0 Å². The Bertz CT molecular complexity index is 1380. The van der Waals surface area contributed by atoms with Gasteiger partial charge in [-0.05, 0) is 55.3 Å². The molecule has 4 heterocycles. The van der Waals surface area contributed by atoms with Crippen molar-refractivity contribution in [2.45, 2.75) is 30.3 Å². The van der Waals surface area contributed by atoms with Crippen LogP contribution in [0.4, 0.5) is 11.4 Å². The van der Waals surface area contributed by atoms with Crippen LogP contribution >= 0.6 is 0 Å². The lowest BCUT2D eigenvalue weighted by Crippen LogP contribution is -2.52. The van der Waals surface area contributed by atoms with Crippen LogP contribution in [0.15, 0.2) is 67.0 Å². The lowest BCUT2D eigenvalue weighted by Gasteiger charge is -2.37. The van der Waals surface area contributed by atoms with E-state index in [0.29, 0.717) is 23.5 Å². The van der Waals surface area contributed by atoms with E-state index in [1.807, 2.05) is 12.1 Å². The molecule has 2 saturated heterocycles. The quantitative estimate of drug-likeness (QED) is 0.332. The Labute approximate surface area is 207 Å². The van der Waals surface area contributed by atoms with Crippen LogP contribution in [0.25, 0.3) is 0 Å². The maximum Gasteiger partial charge on any atom is 0.269 e. The second-order valence-corrected chi connectivity index (χ2v) is 9.49. The molecule has 4 atom stereocenters. The molecule has 182 valence electrons. The summed E-state index contributed by atoms with van der Waals surface area (Å²) < 4.78 is 5.50. The average Bonchev–Trinajstić information content (AvgIpc) is 3.57. The van der Waals surface area contributed by atoms with E-state index in [4.69, 9.17) is 4.74 Å². The molecule has 3 aliphatic heterocycles. The van der Waals surface area contributed by atoms with Crippen LogP contribution in [0.1, 0.15) is 40.2 Å². The number of nitrogens with one attached hydrogen (secondary N) is 1. The second kappa shape index (κ2) is 8.23. The first kappa shape index (κ1) is 22.4. The predicted molar refractivity (Wildman–Crippen MR) is 131 cm³/mol. The standard InChI is InChI=1S/C27H24N4O5/c1-36-19-10-11-21-20(14-19)27(26(33)29-21)24(25(32)17-4-2-12-28-15-17)23(22-5-3-13-30(22)27)16-6-8-18(9-7-16)31(34)35/h2,4,6-12,14-15,22-24H,3,5,13H2,1H3,(H,29,33)/t22-,23-,24+,27+/m0/s1. The van der Waals surface area contributed by atoms with E-state index in [1.54, 1.807) is 43.6 Å². The molecule has 0 aliphatic carbocycles. The third-order valence-corrected chi connectivity index (χ3v) is 7.93. The molecule has 9 heteroatoms. The molecule has 3 aliphatic rings. The molecule has 2 aromatic carbocycles. The van der Waals surface area contributed by atoms with Gasteiger partial charge in [0, 0.05) is 53.3 Å². The number of hydrogen-bond acceptors (Lipinski definition) is 7. The number of amides is 1. The number of non-ortho nitro benzene ring substituents is 1. The number of fused-ring (bicyclic) bond motifs is 4. The number of nitro groups is 1. The zero-order valence-electron chi connectivity index (χ0n) is 19.6. The first-order valence-electron chi connectivity index (χ1n) is 11.9. The molecule has 0 bridgehead atoms. The van der Waals surface area contributed by atoms with Crippen LogP contribution in [0.5, 0.6) is 5.75 Å². The summed E-state index contributed by atoms with van der Waals surface area (Å²) in [6.45, 7) is 0.662. The second-order valence-electron chi connectivity index (χ2n) is 9.49. The number of nitrogens with zero attached hydrogens (tertiary/aromatic N) is 3. The Kier molecular flexibility index (Phi) is 5.11. The number of anilines is 1. The molecule has 1 amide bonds. The van der Waals surface area contributed by atoms with Crippen molar-refractivity contribution in [1.82, 2.24) is 9.88 Å². The van der Waals surface area contributed by atoms with Gasteiger partial charge in [-0.1, -0.05) is 12.1 Å². The average molecular weight is 485 g/mol. The predicted octanol–water partition coefficient (Wildman–Crippen LogP) is 3.91. The molecular formula is C27H24N4O5. The largest absolute Gasteiger partial charge is 0.497 e. The third kappa shape index (κ3) is 3.02. The molecule has 0 radical (unpaired) electrons. The van der Waals surface area contributed by atoms with Gasteiger partial charge in [0.1, 0.15) is 11.3 Å². The molecular weight excluding hydrogens is 460 g/mol. The van der Waals surface area contributed by atoms with Crippen LogP contribution in [-0.2, 0) is 10.3 Å². The van der Waals surface area contributed by atoms with Gasteiger partial charge in [0.2, 0.25) is 5.91 Å². The fourth-order valence-electron chi connectivity index (χ4n) is 6.55. The minimum atomic E-state index is -1.23. The Balaban J connectivity index is 1.60. The lowest BCUT2D eigenvalue weighted by molar-refractivity contribution is -0.384. The van der Waals surface area contributed by atoms with Crippen molar-refractivity contribution in [3.63, 3.8) is 0 Å². The summed E-state index contributed by atoms with van der Waals surface area (Å²) in [6, 6.07) is 15.2. The van der Waals surface area contributed by atoms with Crippen molar-refractivity contribution in [2.24, 2.45) is 5.92 Å². The number of carbonyl (C=O) groups excluding carboxylic acids is 2. The molecule has 6 rings (SSSR count). The van der Waals surface area contributed by atoms with Crippen LogP contribution in [0.3, 0.4) is 0 Å². The number of methoxy groups -OCH3 is 1. The van der Waals surface area contributed by atoms with Crippen LogP contribution in [0, 0.1) is 16.0 Å². The highest BCUT2D eigenvalue weighted by Gasteiger charge is 2.69. The molecule has 1 N–H and O–H groups in total. The van der Waals surface area contributed by atoms with Gasteiger partial charge < -0.3 is 10.1 Å². The van der Waals surface area contributed by atoms with Gasteiger partial charge in [-0.3, -0.25) is 29.6 Å². The highest BCUT2D eigenvalue weighted by molar-refractivity contribution is 6.12. The first-order chi connectivity index (χ1) is 17.5. The van der Waals surface area contributed by atoms with Gasteiger partial charge in [-0.2, -0.15) is 0 Å². The normalized spacial score (nSPS) is 26.5. The number of rotatable bonds is 5. The van der Waals surface area contributed by atoms with E-state index in [-0.39, 0.29) is 29.3 Å². The van der Waals surface area contributed by atoms with Gasteiger partial charge in [0.25, 0.3) is 5.69 Å². The molecule has 2 fully saturated rings. The van der Waals surface area contributed by atoms with Crippen molar-refractivity contribution in [3.05, 3.63) is 93.8 Å². The van der Waals surface area contributed by atoms with Gasteiger partial charge in [-0.25, -0.2) is 0 Å². The molecule has 0 unspecified atom stereocenters. The van der Waals surface area contributed by atoms with Crippen LogP contribution in [-0.4, -0.2) is 46.2 Å². The topological polar surface area (TPSA) is 115 Å². The first-order valence-corrected chi connectivity index (χ1v) is 11.9. The maximum absolute atomic E-state index is 14.3. The lowest BCUT2D eigenvalue weighted by atomic mass is 9.69. The molecule has 1 spiro atoms. The number of ether oxygens (including phenoxy) is 1.